The van der Waals surface area contributed by atoms with Crippen LogP contribution in [0, 0.1) is 11.3 Å². The summed E-state index contributed by atoms with van der Waals surface area (Å²) in [5.74, 6) is 0.437. The Hall–Kier alpha value is -0.420. The van der Waals surface area contributed by atoms with Crippen LogP contribution in [-0.4, -0.2) is 23.7 Å². The van der Waals surface area contributed by atoms with Crippen LogP contribution >= 0.6 is 0 Å². The van der Waals surface area contributed by atoms with Crippen LogP contribution in [0.1, 0.15) is 194 Å². The summed E-state index contributed by atoms with van der Waals surface area (Å²) >= 11 is 0. The lowest BCUT2D eigenvalue weighted by molar-refractivity contribution is -0.258. The van der Waals surface area contributed by atoms with E-state index in [0.29, 0.717) is 19.1 Å². The fourth-order valence-electron chi connectivity index (χ4n) is 7.25. The number of rotatable bonds is 27. The Kier molecular flexibility index (Phi) is 25.8. The van der Waals surface area contributed by atoms with E-state index in [1.54, 1.807) is 5.57 Å². The van der Waals surface area contributed by atoms with Crippen molar-refractivity contribution >= 4 is 0 Å². The highest BCUT2D eigenvalue weighted by Gasteiger charge is 2.41. The summed E-state index contributed by atoms with van der Waals surface area (Å²) in [4.78, 5) is 9.20. The molecule has 4 nitrogen and oxygen atoms in total. The van der Waals surface area contributed by atoms with Crippen LogP contribution in [0.2, 0.25) is 0 Å². The molecule has 2 atom stereocenters. The molecule has 0 aromatic rings. The second-order valence-corrected chi connectivity index (χ2v) is 13.0. The van der Waals surface area contributed by atoms with Crippen LogP contribution in [0.3, 0.4) is 0 Å². The van der Waals surface area contributed by atoms with Crippen LogP contribution in [0.5, 0.6) is 0 Å². The van der Waals surface area contributed by atoms with Gasteiger partial charge in [0.25, 0.3) is 0 Å². The standard InChI is InChI=1S/C36H70O4/c1-3-5-7-9-11-15-21-27-34(28-22-16-12-14-20-26-32-39-37)36(30-24-18-13-10-8-6-4-2)31-25-19-17-23-29-35(36)33-40-38/h27,35,37-38H,3-26,28-33H2,1-2H3/b34-27-. The number of hydrogen-bond donors (Lipinski definition) is 2. The number of allylic oxidation sites excluding steroid dienone is 2. The van der Waals surface area contributed by atoms with Gasteiger partial charge in [0.1, 0.15) is 0 Å². The maximum Gasteiger partial charge on any atom is 0.0856 e. The van der Waals surface area contributed by atoms with Crippen molar-refractivity contribution in [1.82, 2.24) is 0 Å². The molecule has 1 fully saturated rings. The largest absolute Gasteiger partial charge is 0.252 e. The lowest BCUT2D eigenvalue weighted by atomic mass is 9.60. The molecule has 0 heterocycles. The summed E-state index contributed by atoms with van der Waals surface area (Å²) in [5.41, 5.74) is 1.93. The molecule has 1 rings (SSSR count). The maximum atomic E-state index is 9.69. The van der Waals surface area contributed by atoms with Gasteiger partial charge in [0.05, 0.1) is 13.2 Å². The van der Waals surface area contributed by atoms with Gasteiger partial charge in [-0.25, -0.2) is 9.78 Å². The molecular weight excluding hydrogens is 496 g/mol. The van der Waals surface area contributed by atoms with Crippen molar-refractivity contribution in [2.45, 2.75) is 194 Å². The lowest BCUT2D eigenvalue weighted by Gasteiger charge is -2.45. The highest BCUT2D eigenvalue weighted by Crippen LogP contribution is 2.50. The molecule has 0 bridgehead atoms. The summed E-state index contributed by atoms with van der Waals surface area (Å²) < 4.78 is 0. The van der Waals surface area contributed by atoms with Gasteiger partial charge in [-0.05, 0) is 62.7 Å². The van der Waals surface area contributed by atoms with Crippen molar-refractivity contribution < 1.29 is 20.3 Å². The van der Waals surface area contributed by atoms with Crippen LogP contribution in [-0.2, 0) is 9.78 Å². The zero-order chi connectivity index (χ0) is 29.0. The zero-order valence-corrected chi connectivity index (χ0v) is 27.1. The van der Waals surface area contributed by atoms with Gasteiger partial charge < -0.3 is 0 Å². The molecule has 40 heavy (non-hydrogen) atoms. The first-order chi connectivity index (χ1) is 19.7. The summed E-state index contributed by atoms with van der Waals surface area (Å²) in [6, 6.07) is 0. The minimum atomic E-state index is 0.202. The third kappa shape index (κ3) is 17.5. The van der Waals surface area contributed by atoms with Gasteiger partial charge in [0.2, 0.25) is 0 Å². The molecular formula is C36H70O4. The minimum absolute atomic E-state index is 0.202. The van der Waals surface area contributed by atoms with Gasteiger partial charge >= 0.3 is 0 Å². The molecule has 2 N–H and O–H groups in total. The monoisotopic (exact) mass is 567 g/mol. The highest BCUT2D eigenvalue weighted by molar-refractivity contribution is 5.18. The van der Waals surface area contributed by atoms with Gasteiger partial charge in [-0.3, -0.25) is 10.5 Å². The molecule has 4 heteroatoms. The predicted octanol–water partition coefficient (Wildman–Crippen LogP) is 12.5. The van der Waals surface area contributed by atoms with Crippen molar-refractivity contribution in [2.24, 2.45) is 11.3 Å². The van der Waals surface area contributed by atoms with Crippen LogP contribution < -0.4 is 0 Å². The van der Waals surface area contributed by atoms with E-state index in [1.807, 2.05) is 0 Å². The quantitative estimate of drug-likeness (QED) is 0.0449. The van der Waals surface area contributed by atoms with E-state index in [1.165, 1.54) is 167 Å². The SMILES string of the molecule is CCCCCCCC/C=C(/CCCCCCCCOO)C1(CCCCCCCCC)CCCCCCC1COO. The van der Waals surface area contributed by atoms with Crippen molar-refractivity contribution in [3.05, 3.63) is 11.6 Å². The normalized spacial score (nSPS) is 20.5. The Balaban J connectivity index is 2.97. The average molecular weight is 567 g/mol. The zero-order valence-electron chi connectivity index (χ0n) is 27.1. The Bertz CT molecular complexity index is 563. The van der Waals surface area contributed by atoms with Crippen molar-refractivity contribution in [2.75, 3.05) is 13.2 Å². The van der Waals surface area contributed by atoms with E-state index < -0.39 is 0 Å². The predicted molar refractivity (Wildman–Crippen MR) is 172 cm³/mol. The van der Waals surface area contributed by atoms with Crippen LogP contribution in [0.25, 0.3) is 0 Å². The third-order valence-electron chi connectivity index (χ3n) is 9.73. The summed E-state index contributed by atoms with van der Waals surface area (Å²) in [6.45, 7) is 5.55. The van der Waals surface area contributed by atoms with Crippen molar-refractivity contribution in [3.63, 3.8) is 0 Å². The Labute approximate surface area is 249 Å². The minimum Gasteiger partial charge on any atom is -0.252 e. The van der Waals surface area contributed by atoms with Gasteiger partial charge in [-0.2, -0.15) is 0 Å². The Morgan fingerprint density at radius 3 is 1.88 bits per heavy atom. The van der Waals surface area contributed by atoms with Gasteiger partial charge in [-0.1, -0.05) is 154 Å². The molecule has 1 aliphatic rings. The van der Waals surface area contributed by atoms with Gasteiger partial charge in [0, 0.05) is 0 Å². The first-order valence-corrected chi connectivity index (χ1v) is 18.0. The maximum absolute atomic E-state index is 9.69. The van der Waals surface area contributed by atoms with Gasteiger partial charge in [0.15, 0.2) is 0 Å². The van der Waals surface area contributed by atoms with E-state index in [4.69, 9.17) is 10.1 Å². The van der Waals surface area contributed by atoms with Gasteiger partial charge in [-0.15, -0.1) is 0 Å². The molecule has 0 amide bonds. The summed E-state index contributed by atoms with van der Waals surface area (Å²) in [5, 5.41) is 18.2. The van der Waals surface area contributed by atoms with Crippen molar-refractivity contribution in [1.29, 1.82) is 0 Å². The molecule has 0 aromatic heterocycles. The van der Waals surface area contributed by atoms with Crippen LogP contribution in [0.15, 0.2) is 11.6 Å². The second-order valence-electron chi connectivity index (χ2n) is 13.0. The number of unbranched alkanes of at least 4 members (excludes halogenated alkanes) is 17. The molecule has 0 saturated heterocycles. The first kappa shape index (κ1) is 37.6. The molecule has 1 saturated carbocycles. The van der Waals surface area contributed by atoms with E-state index in [9.17, 15) is 5.26 Å². The molecule has 2 unspecified atom stereocenters. The Morgan fingerprint density at radius 2 is 1.23 bits per heavy atom. The summed E-state index contributed by atoms with van der Waals surface area (Å²) in [7, 11) is 0. The Morgan fingerprint density at radius 1 is 0.650 bits per heavy atom. The average Bonchev–Trinajstić information content (AvgIpc) is 2.95. The lowest BCUT2D eigenvalue weighted by Crippen LogP contribution is -2.37. The molecule has 0 radical (unpaired) electrons. The highest BCUT2D eigenvalue weighted by atomic mass is 17.1. The molecule has 238 valence electrons. The molecule has 0 spiro atoms. The van der Waals surface area contributed by atoms with E-state index in [0.717, 1.165) is 12.8 Å². The molecule has 0 aliphatic heterocycles. The smallest absolute Gasteiger partial charge is 0.0856 e. The van der Waals surface area contributed by atoms with Crippen molar-refractivity contribution in [3.8, 4) is 0 Å². The molecule has 0 aromatic carbocycles. The molecule has 1 aliphatic carbocycles. The van der Waals surface area contributed by atoms with E-state index >= 15 is 0 Å². The van der Waals surface area contributed by atoms with E-state index in [-0.39, 0.29) is 5.41 Å². The fourth-order valence-corrected chi connectivity index (χ4v) is 7.25. The third-order valence-corrected chi connectivity index (χ3v) is 9.73. The summed E-state index contributed by atoms with van der Waals surface area (Å²) in [6.07, 6.45) is 38.9. The van der Waals surface area contributed by atoms with Crippen LogP contribution in [0.4, 0.5) is 0 Å². The topological polar surface area (TPSA) is 58.9 Å². The second kappa shape index (κ2) is 27.4. The fraction of sp³-hybridized carbons (Fsp3) is 0.944. The van der Waals surface area contributed by atoms with E-state index in [2.05, 4.69) is 24.8 Å². The number of hydrogen-bond acceptors (Lipinski definition) is 4. The first-order valence-electron chi connectivity index (χ1n) is 18.0.